The van der Waals surface area contributed by atoms with Crippen LogP contribution in [-0.4, -0.2) is 142 Å². The summed E-state index contributed by atoms with van der Waals surface area (Å²) in [6.07, 6.45) is 32.1. The Morgan fingerprint density at radius 1 is 0.471 bits per heavy atom. The number of carbonyl (C=O) groups is 2. The fraction of sp³-hybridized carbons (Fsp3) is 0.745. The lowest BCUT2D eigenvalue weighted by Crippen LogP contribution is -2.61. The first-order chi connectivity index (χ1) is 34.0. The second-order valence-electron chi connectivity index (χ2n) is 18.3. The first-order valence-corrected chi connectivity index (χ1v) is 26.5. The monoisotopic (exact) mass is 993 g/mol. The van der Waals surface area contributed by atoms with E-state index in [4.69, 9.17) is 28.4 Å². The molecule has 402 valence electrons. The highest BCUT2D eigenvalue weighted by Gasteiger charge is 2.47. The molecule has 0 aliphatic carbocycles. The Labute approximate surface area is 419 Å². The van der Waals surface area contributed by atoms with Gasteiger partial charge in [-0.05, 0) is 83.5 Å². The number of hydrogen-bond acceptors (Lipinski definition) is 15. The number of ether oxygens (including phenoxy) is 6. The van der Waals surface area contributed by atoms with Gasteiger partial charge in [-0.15, -0.1) is 0 Å². The van der Waals surface area contributed by atoms with Crippen LogP contribution in [-0.2, 0) is 38.0 Å². The predicted molar refractivity (Wildman–Crippen MR) is 270 cm³/mol. The average Bonchev–Trinajstić information content (AvgIpc) is 3.35. The van der Waals surface area contributed by atoms with E-state index in [0.29, 0.717) is 12.8 Å². The highest BCUT2D eigenvalue weighted by atomic mass is 16.7. The van der Waals surface area contributed by atoms with E-state index in [1.165, 1.54) is 51.4 Å². The normalized spacial score (nSPS) is 26.0. The molecule has 2 saturated heterocycles. The zero-order valence-corrected chi connectivity index (χ0v) is 42.5. The van der Waals surface area contributed by atoms with Crippen LogP contribution in [0.25, 0.3) is 0 Å². The van der Waals surface area contributed by atoms with Crippen molar-refractivity contribution in [2.24, 2.45) is 0 Å². The van der Waals surface area contributed by atoms with Gasteiger partial charge in [0, 0.05) is 12.8 Å². The van der Waals surface area contributed by atoms with Crippen LogP contribution in [0.2, 0.25) is 0 Å². The average molecular weight is 993 g/mol. The number of unbranched alkanes of at least 4 members (excludes halogenated alkanes) is 14. The lowest BCUT2D eigenvalue weighted by atomic mass is 9.98. The Hall–Kier alpha value is -3.06. The Balaban J connectivity index is 1.81. The van der Waals surface area contributed by atoms with Gasteiger partial charge in [0.15, 0.2) is 18.7 Å². The molecule has 0 amide bonds. The van der Waals surface area contributed by atoms with Gasteiger partial charge in [-0.3, -0.25) is 9.59 Å². The number of esters is 2. The molecule has 0 spiro atoms. The molecule has 15 nitrogen and oxygen atoms in total. The summed E-state index contributed by atoms with van der Waals surface area (Å²) < 4.78 is 33.6. The summed E-state index contributed by atoms with van der Waals surface area (Å²) in [5.41, 5.74) is 0. The van der Waals surface area contributed by atoms with Crippen molar-refractivity contribution in [2.75, 3.05) is 26.4 Å². The molecule has 15 heteroatoms. The lowest BCUT2D eigenvalue weighted by Gasteiger charge is -2.42. The second kappa shape index (κ2) is 41.4. The molecule has 70 heavy (non-hydrogen) atoms. The van der Waals surface area contributed by atoms with Gasteiger partial charge in [0.1, 0.15) is 55.4 Å². The number of aliphatic hydroxyl groups is 7. The molecular formula is C55H92O15. The Kier molecular flexibility index (Phi) is 37.3. The van der Waals surface area contributed by atoms with Crippen LogP contribution < -0.4 is 0 Å². The summed E-state index contributed by atoms with van der Waals surface area (Å²) in [7, 11) is 0. The molecule has 2 fully saturated rings. The number of rotatable bonds is 40. The van der Waals surface area contributed by atoms with Gasteiger partial charge >= 0.3 is 11.9 Å². The first-order valence-electron chi connectivity index (χ1n) is 26.5. The van der Waals surface area contributed by atoms with Crippen LogP contribution in [0.3, 0.4) is 0 Å². The van der Waals surface area contributed by atoms with E-state index < -0.39 is 99.3 Å². The fourth-order valence-corrected chi connectivity index (χ4v) is 7.82. The third-order valence-electron chi connectivity index (χ3n) is 12.2. The van der Waals surface area contributed by atoms with Crippen molar-refractivity contribution in [3.63, 3.8) is 0 Å². The fourth-order valence-electron chi connectivity index (χ4n) is 7.82. The third-order valence-corrected chi connectivity index (χ3v) is 12.2. The molecule has 0 bridgehead atoms. The maximum Gasteiger partial charge on any atom is 0.306 e. The summed E-state index contributed by atoms with van der Waals surface area (Å²) >= 11 is 0. The van der Waals surface area contributed by atoms with Gasteiger partial charge in [-0.1, -0.05) is 145 Å². The molecule has 2 aliphatic heterocycles. The van der Waals surface area contributed by atoms with Gasteiger partial charge in [-0.2, -0.15) is 0 Å². The van der Waals surface area contributed by atoms with E-state index in [2.05, 4.69) is 86.8 Å². The highest BCUT2D eigenvalue weighted by molar-refractivity contribution is 5.70. The van der Waals surface area contributed by atoms with Crippen molar-refractivity contribution in [1.29, 1.82) is 0 Å². The van der Waals surface area contributed by atoms with Crippen LogP contribution in [0.15, 0.2) is 72.9 Å². The van der Waals surface area contributed by atoms with Crippen LogP contribution >= 0.6 is 0 Å². The first kappa shape index (κ1) is 63.1. The highest BCUT2D eigenvalue weighted by Crippen LogP contribution is 2.26. The predicted octanol–water partition coefficient (Wildman–Crippen LogP) is 7.82. The molecular weight excluding hydrogens is 901 g/mol. The van der Waals surface area contributed by atoms with Crippen molar-refractivity contribution in [3.8, 4) is 0 Å². The summed E-state index contributed by atoms with van der Waals surface area (Å²) in [6.45, 7) is 2.39. The maximum atomic E-state index is 13.0. The molecule has 0 aromatic rings. The minimum absolute atomic E-state index is 0.148. The summed E-state index contributed by atoms with van der Waals surface area (Å²) in [6, 6.07) is 0. The Morgan fingerprint density at radius 2 is 0.900 bits per heavy atom. The lowest BCUT2D eigenvalue weighted by molar-refractivity contribution is -0.332. The summed E-state index contributed by atoms with van der Waals surface area (Å²) in [5, 5.41) is 72.1. The molecule has 2 aliphatic rings. The van der Waals surface area contributed by atoms with Gasteiger partial charge < -0.3 is 64.2 Å². The maximum absolute atomic E-state index is 13.0. The molecule has 7 N–H and O–H groups in total. The minimum atomic E-state index is -1.78. The van der Waals surface area contributed by atoms with E-state index >= 15 is 0 Å². The van der Waals surface area contributed by atoms with Crippen molar-refractivity contribution in [2.45, 2.75) is 235 Å². The van der Waals surface area contributed by atoms with Gasteiger partial charge in [-0.25, -0.2) is 0 Å². The summed E-state index contributed by atoms with van der Waals surface area (Å²) in [5.74, 6) is -0.983. The van der Waals surface area contributed by atoms with Crippen LogP contribution in [0, 0.1) is 0 Å². The SMILES string of the molecule is CC/C=C/C/C=C/C/C=C/C/C=C/CCCCC(=O)OC[C@H](CO[C@H]1O[C@@H](CO[C@H]2O[C@@H](CO)[C@@H](O)C(O)C2O)[C@@H](O)C(O)C1O)OC(=O)CCCCCCCCCCC/C=C/C/C=C/CCCCC. The van der Waals surface area contributed by atoms with Crippen molar-refractivity contribution in [3.05, 3.63) is 72.9 Å². The quantitative estimate of drug-likeness (QED) is 0.0176. The molecule has 0 radical (unpaired) electrons. The third kappa shape index (κ3) is 28.8. The van der Waals surface area contributed by atoms with Crippen LogP contribution in [0.4, 0.5) is 0 Å². The zero-order chi connectivity index (χ0) is 51.0. The van der Waals surface area contributed by atoms with E-state index in [0.717, 1.165) is 77.0 Å². The number of hydrogen-bond donors (Lipinski definition) is 7. The van der Waals surface area contributed by atoms with Crippen LogP contribution in [0.5, 0.6) is 0 Å². The Morgan fingerprint density at radius 3 is 1.44 bits per heavy atom. The van der Waals surface area contributed by atoms with Crippen LogP contribution in [0.1, 0.15) is 168 Å². The van der Waals surface area contributed by atoms with E-state index in [-0.39, 0.29) is 19.4 Å². The largest absolute Gasteiger partial charge is 0.462 e. The van der Waals surface area contributed by atoms with Gasteiger partial charge in [0.25, 0.3) is 0 Å². The molecule has 2 rings (SSSR count). The standard InChI is InChI=1S/C55H92O15/c1-3-5-7-9-11-13-15-17-19-20-21-22-24-26-28-30-32-34-36-38-47(58)68-43(40-65-46(57)37-35-33-31-29-27-25-23-18-16-14-12-10-8-6-4-2)41-66-54-53(64)51(62)49(60)45(70-54)42-67-55-52(63)50(61)48(59)44(39-56)69-55/h6,8,11-14,17-19,23,27,29,43-45,48-56,59-64H,3-5,7,9-10,15-16,20-22,24-26,28,30-42H2,1-2H3/b8-6+,13-11+,14-12+,19-17+,23-18+,29-27+/t43-,44+,45+,48-,49-,50?,51?,52?,53?,54+,55+/m1/s1. The number of aliphatic hydroxyl groups excluding tert-OH is 7. The Bertz CT molecular complexity index is 1490. The molecule has 11 atom stereocenters. The van der Waals surface area contributed by atoms with E-state index in [1.54, 1.807) is 0 Å². The molecule has 0 aromatic heterocycles. The second-order valence-corrected chi connectivity index (χ2v) is 18.3. The van der Waals surface area contributed by atoms with Gasteiger partial charge in [0.2, 0.25) is 0 Å². The topological polar surface area (TPSA) is 231 Å². The molecule has 4 unspecified atom stereocenters. The zero-order valence-electron chi connectivity index (χ0n) is 42.5. The number of carbonyl (C=O) groups excluding carboxylic acids is 2. The smallest absolute Gasteiger partial charge is 0.306 e. The minimum Gasteiger partial charge on any atom is -0.462 e. The molecule has 2 heterocycles. The molecule has 0 saturated carbocycles. The van der Waals surface area contributed by atoms with Crippen molar-refractivity contribution in [1.82, 2.24) is 0 Å². The number of allylic oxidation sites excluding steroid dienone is 12. The molecule has 0 aromatic carbocycles. The van der Waals surface area contributed by atoms with Gasteiger partial charge in [0.05, 0.1) is 19.8 Å². The van der Waals surface area contributed by atoms with Crippen molar-refractivity contribution < 1.29 is 73.8 Å². The van der Waals surface area contributed by atoms with Crippen molar-refractivity contribution >= 4 is 11.9 Å². The summed E-state index contributed by atoms with van der Waals surface area (Å²) in [4.78, 5) is 25.8. The van der Waals surface area contributed by atoms with E-state index in [9.17, 15) is 45.3 Å². The van der Waals surface area contributed by atoms with E-state index in [1.807, 2.05) is 0 Å².